The monoisotopic (exact) mass is 254 g/mol. The average molecular weight is 254 g/mol. The molecule has 1 heterocycles. The third kappa shape index (κ3) is 2.13. The van der Waals surface area contributed by atoms with Gasteiger partial charge in [0.1, 0.15) is 0 Å². The maximum absolute atomic E-state index is 11.9. The third-order valence-corrected chi connectivity index (χ3v) is 3.56. The summed E-state index contributed by atoms with van der Waals surface area (Å²) < 4.78 is 0. The van der Waals surface area contributed by atoms with Crippen molar-refractivity contribution in [3.63, 3.8) is 0 Å². The number of likely N-dealkylation sites (tertiary alicyclic amines) is 1. The van der Waals surface area contributed by atoms with Crippen molar-refractivity contribution in [2.75, 3.05) is 6.54 Å². The molecule has 0 spiro atoms. The van der Waals surface area contributed by atoms with Gasteiger partial charge in [-0.15, -0.1) is 0 Å². The normalized spacial score (nSPS) is 23.9. The standard InChI is InChI=1S/C15H14N2O2/c16-6-2-5-10-3-1-4-11(7-10)9-17-14(18)12-8-13(12)15(17)19/h1,3-4,7,12-13H,6,8-9,16H2. The average Bonchev–Trinajstić information content (AvgIpc) is 3.17. The highest BCUT2D eigenvalue weighted by molar-refractivity contribution is 6.08. The van der Waals surface area contributed by atoms with Crippen molar-refractivity contribution in [3.05, 3.63) is 35.4 Å². The van der Waals surface area contributed by atoms with Gasteiger partial charge in [0, 0.05) is 5.56 Å². The number of hydrogen-bond acceptors (Lipinski definition) is 3. The van der Waals surface area contributed by atoms with Gasteiger partial charge in [0.2, 0.25) is 11.8 Å². The van der Waals surface area contributed by atoms with Crippen LogP contribution in [-0.2, 0) is 16.1 Å². The Morgan fingerprint density at radius 3 is 2.68 bits per heavy atom. The second-order valence-corrected chi connectivity index (χ2v) is 4.92. The Morgan fingerprint density at radius 2 is 2.00 bits per heavy atom. The minimum Gasteiger partial charge on any atom is -0.320 e. The van der Waals surface area contributed by atoms with Crippen molar-refractivity contribution < 1.29 is 9.59 Å². The predicted octanol–water partition coefficient (Wildman–Crippen LogP) is 0.502. The van der Waals surface area contributed by atoms with E-state index in [9.17, 15) is 9.59 Å². The molecule has 96 valence electrons. The molecule has 0 radical (unpaired) electrons. The number of carbonyl (C=O) groups is 2. The van der Waals surface area contributed by atoms with Crippen LogP contribution in [0.4, 0.5) is 0 Å². The van der Waals surface area contributed by atoms with Gasteiger partial charge in [0.15, 0.2) is 0 Å². The van der Waals surface area contributed by atoms with Crippen LogP contribution in [0.5, 0.6) is 0 Å². The number of nitrogens with zero attached hydrogens (tertiary/aromatic N) is 1. The summed E-state index contributed by atoms with van der Waals surface area (Å²) in [5, 5.41) is 0. The summed E-state index contributed by atoms with van der Waals surface area (Å²) in [4.78, 5) is 25.1. The lowest BCUT2D eigenvalue weighted by atomic mass is 10.1. The molecule has 2 N–H and O–H groups in total. The zero-order valence-electron chi connectivity index (χ0n) is 10.4. The SMILES string of the molecule is NCC#Cc1cccc(CN2C(=O)C3CC3C2=O)c1. The summed E-state index contributed by atoms with van der Waals surface area (Å²) in [6.45, 7) is 0.666. The van der Waals surface area contributed by atoms with Gasteiger partial charge in [-0.25, -0.2) is 0 Å². The van der Waals surface area contributed by atoms with Crippen molar-refractivity contribution in [2.24, 2.45) is 17.6 Å². The van der Waals surface area contributed by atoms with E-state index >= 15 is 0 Å². The number of carbonyl (C=O) groups excluding carboxylic acids is 2. The number of amides is 2. The van der Waals surface area contributed by atoms with Gasteiger partial charge in [-0.1, -0.05) is 24.0 Å². The molecule has 2 atom stereocenters. The second kappa shape index (κ2) is 4.52. The fourth-order valence-corrected chi connectivity index (χ4v) is 2.49. The summed E-state index contributed by atoms with van der Waals surface area (Å²) in [5.74, 6) is 5.62. The molecule has 1 aromatic carbocycles. The minimum absolute atomic E-state index is 0.0200. The predicted molar refractivity (Wildman–Crippen MR) is 69.5 cm³/mol. The number of rotatable bonds is 2. The molecule has 0 aromatic heterocycles. The summed E-state index contributed by atoms with van der Waals surface area (Å²) in [6.07, 6.45) is 0.746. The maximum atomic E-state index is 11.9. The molecule has 2 aliphatic rings. The summed E-state index contributed by atoms with van der Waals surface area (Å²) >= 11 is 0. The Labute approximate surface area is 111 Å². The van der Waals surface area contributed by atoms with Crippen LogP contribution in [0.25, 0.3) is 0 Å². The molecule has 1 saturated carbocycles. The Morgan fingerprint density at radius 1 is 1.26 bits per heavy atom. The van der Waals surface area contributed by atoms with E-state index in [0.717, 1.165) is 17.5 Å². The van der Waals surface area contributed by atoms with E-state index in [2.05, 4.69) is 11.8 Å². The zero-order valence-corrected chi connectivity index (χ0v) is 10.4. The zero-order chi connectivity index (χ0) is 13.4. The van der Waals surface area contributed by atoms with E-state index in [1.807, 2.05) is 24.3 Å². The van der Waals surface area contributed by atoms with E-state index < -0.39 is 0 Å². The molecule has 2 amide bonds. The first-order valence-electron chi connectivity index (χ1n) is 6.34. The van der Waals surface area contributed by atoms with Crippen LogP contribution < -0.4 is 5.73 Å². The fraction of sp³-hybridized carbons (Fsp3) is 0.333. The molecule has 19 heavy (non-hydrogen) atoms. The topological polar surface area (TPSA) is 63.4 Å². The van der Waals surface area contributed by atoms with Crippen LogP contribution in [0.2, 0.25) is 0 Å². The maximum Gasteiger partial charge on any atom is 0.233 e. The fourth-order valence-electron chi connectivity index (χ4n) is 2.49. The number of imide groups is 1. The molecule has 1 aliphatic carbocycles. The Balaban J connectivity index is 1.77. The van der Waals surface area contributed by atoms with Gasteiger partial charge < -0.3 is 5.73 Å². The van der Waals surface area contributed by atoms with E-state index in [-0.39, 0.29) is 23.7 Å². The number of piperidine rings is 1. The van der Waals surface area contributed by atoms with Crippen LogP contribution in [0.3, 0.4) is 0 Å². The van der Waals surface area contributed by atoms with Gasteiger partial charge in [0.05, 0.1) is 24.9 Å². The smallest absolute Gasteiger partial charge is 0.233 e. The van der Waals surface area contributed by atoms with Gasteiger partial charge in [-0.2, -0.15) is 0 Å². The highest BCUT2D eigenvalue weighted by atomic mass is 16.2. The van der Waals surface area contributed by atoms with Gasteiger partial charge >= 0.3 is 0 Å². The van der Waals surface area contributed by atoms with Crippen molar-refractivity contribution in [1.29, 1.82) is 0 Å². The number of nitrogens with two attached hydrogens (primary N) is 1. The molecule has 3 rings (SSSR count). The quantitative estimate of drug-likeness (QED) is 0.617. The molecule has 4 nitrogen and oxygen atoms in total. The lowest BCUT2D eigenvalue weighted by Gasteiger charge is -2.16. The Bertz CT molecular complexity index is 592. The highest BCUT2D eigenvalue weighted by Gasteiger charge is 2.58. The minimum atomic E-state index is -0.0345. The molecule has 2 fully saturated rings. The largest absolute Gasteiger partial charge is 0.320 e. The van der Waals surface area contributed by atoms with Crippen LogP contribution in [0, 0.1) is 23.7 Å². The third-order valence-electron chi connectivity index (χ3n) is 3.56. The van der Waals surface area contributed by atoms with Crippen molar-refractivity contribution in [1.82, 2.24) is 4.90 Å². The van der Waals surface area contributed by atoms with Crippen molar-refractivity contribution in [2.45, 2.75) is 13.0 Å². The molecule has 2 unspecified atom stereocenters. The summed E-state index contributed by atoms with van der Waals surface area (Å²) in [6, 6.07) is 7.56. The van der Waals surface area contributed by atoms with Crippen LogP contribution in [-0.4, -0.2) is 23.3 Å². The van der Waals surface area contributed by atoms with Crippen molar-refractivity contribution >= 4 is 11.8 Å². The lowest BCUT2D eigenvalue weighted by molar-refractivity contribution is -0.142. The van der Waals surface area contributed by atoms with E-state index in [0.29, 0.717) is 13.1 Å². The Kier molecular flexibility index (Phi) is 2.84. The van der Waals surface area contributed by atoms with E-state index in [4.69, 9.17) is 5.73 Å². The molecule has 1 saturated heterocycles. The summed E-state index contributed by atoms with van der Waals surface area (Å²) in [5.41, 5.74) is 7.11. The van der Waals surface area contributed by atoms with Crippen LogP contribution >= 0.6 is 0 Å². The molecule has 1 aliphatic heterocycles. The second-order valence-electron chi connectivity index (χ2n) is 4.92. The van der Waals surface area contributed by atoms with Gasteiger partial charge in [-0.3, -0.25) is 14.5 Å². The van der Waals surface area contributed by atoms with Crippen LogP contribution in [0.15, 0.2) is 24.3 Å². The summed E-state index contributed by atoms with van der Waals surface area (Å²) in [7, 11) is 0. The number of hydrogen-bond donors (Lipinski definition) is 1. The van der Waals surface area contributed by atoms with Crippen LogP contribution in [0.1, 0.15) is 17.5 Å². The molecule has 1 aromatic rings. The number of fused-ring (bicyclic) bond motifs is 1. The molecule has 0 bridgehead atoms. The van der Waals surface area contributed by atoms with E-state index in [1.54, 1.807) is 0 Å². The first-order chi connectivity index (χ1) is 9.20. The number of benzene rings is 1. The highest BCUT2D eigenvalue weighted by Crippen LogP contribution is 2.47. The lowest BCUT2D eigenvalue weighted by Crippen LogP contribution is -2.32. The Hall–Kier alpha value is -2.12. The van der Waals surface area contributed by atoms with Crippen molar-refractivity contribution in [3.8, 4) is 11.8 Å². The van der Waals surface area contributed by atoms with E-state index in [1.165, 1.54) is 4.90 Å². The molecular weight excluding hydrogens is 240 g/mol. The molecule has 4 heteroatoms. The molecular formula is C15H14N2O2. The van der Waals surface area contributed by atoms with Gasteiger partial charge in [0.25, 0.3) is 0 Å². The first kappa shape index (κ1) is 11.9. The first-order valence-corrected chi connectivity index (χ1v) is 6.34. The van der Waals surface area contributed by atoms with Gasteiger partial charge in [-0.05, 0) is 24.1 Å².